The summed E-state index contributed by atoms with van der Waals surface area (Å²) < 4.78 is 1.67. The molecule has 1 N–H and O–H groups in total. The highest BCUT2D eigenvalue weighted by Gasteiger charge is 2.31. The molecule has 21 heavy (non-hydrogen) atoms. The van der Waals surface area contributed by atoms with Gasteiger partial charge in [0.05, 0.1) is 23.5 Å². The van der Waals surface area contributed by atoms with E-state index in [1.54, 1.807) is 29.3 Å². The molecular weight excluding hydrogens is 332 g/mol. The van der Waals surface area contributed by atoms with Gasteiger partial charge < -0.3 is 5.32 Å². The number of aromatic nitrogens is 3. The standard InChI is InChI=1S/C15H19BrN4O/c16-10-15(4-2-1-3-5-15)11-18-14(21)12-8-19-20-7-6-17-9-13(12)20/h6-9H,1-5,10-11H2,(H,18,21). The summed E-state index contributed by atoms with van der Waals surface area (Å²) in [4.78, 5) is 16.5. The summed E-state index contributed by atoms with van der Waals surface area (Å²) in [6, 6.07) is 0. The molecule has 0 atom stereocenters. The summed E-state index contributed by atoms with van der Waals surface area (Å²) in [6.45, 7) is 0.717. The molecule has 2 heterocycles. The third-order valence-electron chi connectivity index (χ3n) is 4.39. The maximum absolute atomic E-state index is 12.4. The molecule has 0 unspecified atom stereocenters. The molecule has 112 valence electrons. The van der Waals surface area contributed by atoms with Crippen LogP contribution in [0.4, 0.5) is 0 Å². The van der Waals surface area contributed by atoms with Gasteiger partial charge in [0.1, 0.15) is 0 Å². The smallest absolute Gasteiger partial charge is 0.255 e. The highest BCUT2D eigenvalue weighted by molar-refractivity contribution is 9.09. The summed E-state index contributed by atoms with van der Waals surface area (Å²) in [5.74, 6) is -0.0658. The number of carbonyl (C=O) groups excluding carboxylic acids is 1. The molecule has 1 fully saturated rings. The molecule has 1 aliphatic carbocycles. The normalized spacial score (nSPS) is 17.8. The summed E-state index contributed by atoms with van der Waals surface area (Å²) in [5, 5.41) is 8.21. The molecule has 0 bridgehead atoms. The van der Waals surface area contributed by atoms with Crippen LogP contribution in [0.3, 0.4) is 0 Å². The van der Waals surface area contributed by atoms with Crippen LogP contribution < -0.4 is 5.32 Å². The summed E-state index contributed by atoms with van der Waals surface area (Å²) in [5.41, 5.74) is 1.53. The molecule has 0 spiro atoms. The van der Waals surface area contributed by atoms with E-state index in [2.05, 4.69) is 31.3 Å². The lowest BCUT2D eigenvalue weighted by atomic mass is 9.75. The number of amides is 1. The summed E-state index contributed by atoms with van der Waals surface area (Å²) >= 11 is 3.63. The van der Waals surface area contributed by atoms with E-state index in [9.17, 15) is 4.79 Å². The molecule has 0 saturated heterocycles. The minimum absolute atomic E-state index is 0.0658. The molecule has 1 saturated carbocycles. The van der Waals surface area contributed by atoms with Crippen molar-refractivity contribution < 1.29 is 4.79 Å². The molecule has 0 aliphatic heterocycles. The lowest BCUT2D eigenvalue weighted by Crippen LogP contribution is -2.40. The van der Waals surface area contributed by atoms with Crippen LogP contribution >= 0.6 is 15.9 Å². The van der Waals surface area contributed by atoms with Gasteiger partial charge in [-0.2, -0.15) is 5.10 Å². The van der Waals surface area contributed by atoms with Crippen LogP contribution in [0.5, 0.6) is 0 Å². The van der Waals surface area contributed by atoms with E-state index in [0.29, 0.717) is 12.1 Å². The first-order valence-electron chi connectivity index (χ1n) is 7.36. The van der Waals surface area contributed by atoms with Gasteiger partial charge in [0.25, 0.3) is 5.91 Å². The Morgan fingerprint density at radius 1 is 1.33 bits per heavy atom. The van der Waals surface area contributed by atoms with Crippen LogP contribution in [0.25, 0.3) is 5.52 Å². The van der Waals surface area contributed by atoms with Gasteiger partial charge in [0.2, 0.25) is 0 Å². The Hall–Kier alpha value is -1.43. The van der Waals surface area contributed by atoms with Crippen molar-refractivity contribution in [3.63, 3.8) is 0 Å². The molecule has 0 radical (unpaired) electrons. The van der Waals surface area contributed by atoms with Crippen LogP contribution in [0.2, 0.25) is 0 Å². The van der Waals surface area contributed by atoms with Crippen LogP contribution in [-0.2, 0) is 0 Å². The number of carbonyl (C=O) groups is 1. The first kappa shape index (κ1) is 14.5. The van der Waals surface area contributed by atoms with E-state index in [0.717, 1.165) is 10.8 Å². The van der Waals surface area contributed by atoms with Gasteiger partial charge in [-0.05, 0) is 18.3 Å². The Labute approximate surface area is 132 Å². The SMILES string of the molecule is O=C(NCC1(CBr)CCCCC1)c1cnn2ccncc12. The van der Waals surface area contributed by atoms with Crippen molar-refractivity contribution in [3.8, 4) is 0 Å². The maximum atomic E-state index is 12.4. The number of nitrogens with zero attached hydrogens (tertiary/aromatic N) is 3. The highest BCUT2D eigenvalue weighted by Crippen LogP contribution is 2.37. The number of alkyl halides is 1. The molecule has 2 aromatic heterocycles. The second kappa shape index (κ2) is 6.13. The van der Waals surface area contributed by atoms with Crippen molar-refractivity contribution in [2.24, 2.45) is 5.41 Å². The number of fused-ring (bicyclic) bond motifs is 1. The third-order valence-corrected chi connectivity index (χ3v) is 5.58. The molecule has 1 aliphatic rings. The van der Waals surface area contributed by atoms with Crippen LogP contribution in [0, 0.1) is 5.41 Å². The Balaban J connectivity index is 1.71. The van der Waals surface area contributed by atoms with Gasteiger partial charge in [0.15, 0.2) is 0 Å². The van der Waals surface area contributed by atoms with Gasteiger partial charge in [-0.1, -0.05) is 35.2 Å². The average Bonchev–Trinajstić information content (AvgIpc) is 2.98. The van der Waals surface area contributed by atoms with Gasteiger partial charge in [0, 0.05) is 24.3 Å². The van der Waals surface area contributed by atoms with Gasteiger partial charge in [-0.15, -0.1) is 0 Å². The predicted molar refractivity (Wildman–Crippen MR) is 84.6 cm³/mol. The van der Waals surface area contributed by atoms with Gasteiger partial charge >= 0.3 is 0 Å². The molecular formula is C15H19BrN4O. The van der Waals surface area contributed by atoms with Gasteiger partial charge in [-0.3, -0.25) is 9.78 Å². The Kier molecular flexibility index (Phi) is 4.24. The van der Waals surface area contributed by atoms with Crippen LogP contribution in [0.1, 0.15) is 42.5 Å². The Morgan fingerprint density at radius 3 is 2.90 bits per heavy atom. The van der Waals surface area contributed by atoms with E-state index < -0.39 is 0 Å². The van der Waals surface area contributed by atoms with E-state index in [4.69, 9.17) is 0 Å². The molecule has 5 nitrogen and oxygen atoms in total. The number of hydrogen-bond donors (Lipinski definition) is 1. The second-order valence-corrected chi connectivity index (χ2v) is 6.40. The van der Waals surface area contributed by atoms with Crippen molar-refractivity contribution in [3.05, 3.63) is 30.4 Å². The second-order valence-electron chi connectivity index (χ2n) is 5.84. The highest BCUT2D eigenvalue weighted by atomic mass is 79.9. The quantitative estimate of drug-likeness (QED) is 0.862. The molecule has 0 aromatic carbocycles. The minimum Gasteiger partial charge on any atom is -0.351 e. The summed E-state index contributed by atoms with van der Waals surface area (Å²) in [7, 11) is 0. The lowest BCUT2D eigenvalue weighted by Gasteiger charge is -2.35. The fourth-order valence-electron chi connectivity index (χ4n) is 3.03. The topological polar surface area (TPSA) is 59.3 Å². The zero-order valence-corrected chi connectivity index (χ0v) is 13.5. The van der Waals surface area contributed by atoms with E-state index in [1.165, 1.54) is 32.1 Å². The third kappa shape index (κ3) is 2.95. The Bertz CT molecular complexity index is 633. The number of hydrogen-bond acceptors (Lipinski definition) is 3. The van der Waals surface area contributed by atoms with Crippen molar-refractivity contribution in [1.82, 2.24) is 19.9 Å². The zero-order valence-electron chi connectivity index (χ0n) is 11.9. The van der Waals surface area contributed by atoms with Crippen LogP contribution in [-0.4, -0.2) is 32.4 Å². The summed E-state index contributed by atoms with van der Waals surface area (Å²) in [6.07, 6.45) is 12.8. The number of halogens is 1. The fourth-order valence-corrected chi connectivity index (χ4v) is 3.79. The van der Waals surface area contributed by atoms with Crippen molar-refractivity contribution in [1.29, 1.82) is 0 Å². The predicted octanol–water partition coefficient (Wildman–Crippen LogP) is 2.80. The van der Waals surface area contributed by atoms with E-state index in [1.807, 2.05) is 0 Å². The monoisotopic (exact) mass is 350 g/mol. The van der Waals surface area contributed by atoms with E-state index >= 15 is 0 Å². The van der Waals surface area contributed by atoms with Crippen LogP contribution in [0.15, 0.2) is 24.8 Å². The van der Waals surface area contributed by atoms with Crippen molar-refractivity contribution in [2.75, 3.05) is 11.9 Å². The first-order chi connectivity index (χ1) is 10.2. The number of rotatable bonds is 4. The lowest BCUT2D eigenvalue weighted by molar-refractivity contribution is 0.0923. The maximum Gasteiger partial charge on any atom is 0.255 e. The first-order valence-corrected chi connectivity index (χ1v) is 8.48. The molecule has 1 amide bonds. The fraction of sp³-hybridized carbons (Fsp3) is 0.533. The van der Waals surface area contributed by atoms with Crippen molar-refractivity contribution >= 4 is 27.4 Å². The van der Waals surface area contributed by atoms with Gasteiger partial charge in [-0.25, -0.2) is 4.52 Å². The average molecular weight is 351 g/mol. The molecule has 6 heteroatoms. The Morgan fingerprint density at radius 2 is 2.14 bits per heavy atom. The zero-order chi connectivity index (χ0) is 14.7. The largest absolute Gasteiger partial charge is 0.351 e. The minimum atomic E-state index is -0.0658. The molecule has 3 rings (SSSR count). The van der Waals surface area contributed by atoms with Crippen molar-refractivity contribution in [2.45, 2.75) is 32.1 Å². The number of nitrogens with one attached hydrogen (secondary N) is 1. The molecule has 2 aromatic rings. The van der Waals surface area contributed by atoms with E-state index in [-0.39, 0.29) is 11.3 Å².